The lowest BCUT2D eigenvalue weighted by Gasteiger charge is -2.57. The molecule has 1 aliphatic heterocycles. The summed E-state index contributed by atoms with van der Waals surface area (Å²) in [6.07, 6.45) is 11.4. The van der Waals surface area contributed by atoms with Crippen LogP contribution in [0.5, 0.6) is 0 Å². The number of hydrogen-bond acceptors (Lipinski definition) is 2. The number of amides is 1. The summed E-state index contributed by atoms with van der Waals surface area (Å²) in [4.78, 5) is 15.2. The van der Waals surface area contributed by atoms with Crippen molar-refractivity contribution in [2.75, 3.05) is 13.1 Å². The molecule has 0 radical (unpaired) electrons. The summed E-state index contributed by atoms with van der Waals surface area (Å²) in [5.74, 6) is 3.78. The first kappa shape index (κ1) is 15.9. The molecular formula is C21H31N3O. The number of aromatic nitrogens is 2. The van der Waals surface area contributed by atoms with Crippen LogP contribution < -0.4 is 0 Å². The maximum atomic E-state index is 13.0. The summed E-state index contributed by atoms with van der Waals surface area (Å²) in [6, 6.07) is 2.16. The number of nitrogens with zero attached hydrogens (tertiary/aromatic N) is 2. The van der Waals surface area contributed by atoms with Gasteiger partial charge in [0.15, 0.2) is 0 Å². The molecule has 4 heteroatoms. The Morgan fingerprint density at radius 3 is 2.28 bits per heavy atom. The number of aryl methyl sites for hydroxylation is 1. The number of nitrogens with one attached hydrogen (secondary N) is 1. The molecule has 1 saturated heterocycles. The van der Waals surface area contributed by atoms with Gasteiger partial charge in [0, 0.05) is 31.1 Å². The van der Waals surface area contributed by atoms with Gasteiger partial charge in [0.1, 0.15) is 0 Å². The van der Waals surface area contributed by atoms with Crippen molar-refractivity contribution in [3.05, 3.63) is 17.5 Å². The zero-order chi connectivity index (χ0) is 17.0. The summed E-state index contributed by atoms with van der Waals surface area (Å²) in [5.41, 5.74) is 2.70. The van der Waals surface area contributed by atoms with E-state index < -0.39 is 0 Å². The van der Waals surface area contributed by atoms with Crippen LogP contribution in [0.4, 0.5) is 0 Å². The molecule has 4 bridgehead atoms. The molecule has 5 fully saturated rings. The SMILES string of the molecule is Cc1cc(C2CCN(C(=O)CC34CC5CC(CC(C5)C3)C4)CC2)n[nH]1. The highest BCUT2D eigenvalue weighted by Gasteiger charge is 2.51. The first-order chi connectivity index (χ1) is 12.1. The van der Waals surface area contributed by atoms with Gasteiger partial charge in [0.05, 0.1) is 5.69 Å². The zero-order valence-electron chi connectivity index (χ0n) is 15.5. The summed E-state index contributed by atoms with van der Waals surface area (Å²) in [7, 11) is 0. The van der Waals surface area contributed by atoms with Gasteiger partial charge in [-0.15, -0.1) is 0 Å². The maximum Gasteiger partial charge on any atom is 0.223 e. The van der Waals surface area contributed by atoms with E-state index in [-0.39, 0.29) is 0 Å². The molecule has 4 nitrogen and oxygen atoms in total. The number of rotatable bonds is 3. The van der Waals surface area contributed by atoms with Crippen molar-refractivity contribution >= 4 is 5.91 Å². The van der Waals surface area contributed by atoms with Gasteiger partial charge >= 0.3 is 0 Å². The number of likely N-dealkylation sites (tertiary alicyclic amines) is 1. The average Bonchev–Trinajstić information content (AvgIpc) is 3.00. The minimum atomic E-state index is 0.377. The fourth-order valence-corrected chi connectivity index (χ4v) is 7.01. The van der Waals surface area contributed by atoms with Crippen molar-refractivity contribution in [2.45, 2.75) is 70.6 Å². The maximum absolute atomic E-state index is 13.0. The van der Waals surface area contributed by atoms with Crippen molar-refractivity contribution in [1.82, 2.24) is 15.1 Å². The Balaban J connectivity index is 1.20. The van der Waals surface area contributed by atoms with Crippen molar-refractivity contribution < 1.29 is 4.79 Å². The Bertz CT molecular complexity index is 621. The van der Waals surface area contributed by atoms with Crippen molar-refractivity contribution in [1.29, 1.82) is 0 Å². The molecule has 4 aliphatic carbocycles. The Hall–Kier alpha value is -1.32. The third kappa shape index (κ3) is 2.92. The van der Waals surface area contributed by atoms with Gasteiger partial charge in [-0.2, -0.15) is 5.10 Å². The second-order valence-electron chi connectivity index (χ2n) is 9.73. The molecule has 1 aromatic rings. The molecule has 2 heterocycles. The number of hydrogen-bond donors (Lipinski definition) is 1. The fourth-order valence-electron chi connectivity index (χ4n) is 7.01. The van der Waals surface area contributed by atoms with Gasteiger partial charge in [-0.3, -0.25) is 9.89 Å². The lowest BCUT2D eigenvalue weighted by atomic mass is 9.49. The summed E-state index contributed by atoms with van der Waals surface area (Å²) >= 11 is 0. The molecule has 0 unspecified atom stereocenters. The third-order valence-electron chi connectivity index (χ3n) is 7.68. The summed E-state index contributed by atoms with van der Waals surface area (Å²) in [6.45, 7) is 3.89. The highest BCUT2D eigenvalue weighted by molar-refractivity contribution is 5.77. The molecule has 0 spiro atoms. The molecule has 4 saturated carbocycles. The van der Waals surface area contributed by atoms with Crippen LogP contribution in [0.2, 0.25) is 0 Å². The Morgan fingerprint density at radius 2 is 1.76 bits per heavy atom. The number of piperidine rings is 1. The Kier molecular flexibility index (Phi) is 3.72. The molecule has 25 heavy (non-hydrogen) atoms. The van der Waals surface area contributed by atoms with Crippen molar-refractivity contribution in [3.63, 3.8) is 0 Å². The molecule has 1 aromatic heterocycles. The number of carbonyl (C=O) groups excluding carboxylic acids is 1. The Labute approximate surface area is 150 Å². The topological polar surface area (TPSA) is 49.0 Å². The first-order valence-electron chi connectivity index (χ1n) is 10.4. The highest BCUT2D eigenvalue weighted by atomic mass is 16.2. The normalized spacial score (nSPS) is 37.6. The van der Waals surface area contributed by atoms with Crippen LogP contribution in [-0.4, -0.2) is 34.1 Å². The van der Waals surface area contributed by atoms with Gasteiger partial charge in [-0.1, -0.05) is 0 Å². The predicted molar refractivity (Wildman–Crippen MR) is 97.1 cm³/mol. The van der Waals surface area contributed by atoms with Crippen LogP contribution in [-0.2, 0) is 4.79 Å². The van der Waals surface area contributed by atoms with Crippen molar-refractivity contribution in [3.8, 4) is 0 Å². The van der Waals surface area contributed by atoms with E-state index >= 15 is 0 Å². The molecule has 1 N–H and O–H groups in total. The predicted octanol–water partition coefficient (Wildman–Crippen LogP) is 4.03. The monoisotopic (exact) mass is 341 g/mol. The van der Waals surface area contributed by atoms with Gasteiger partial charge in [-0.25, -0.2) is 0 Å². The molecule has 136 valence electrons. The van der Waals surface area contributed by atoms with Crippen LogP contribution in [0.25, 0.3) is 0 Å². The van der Waals surface area contributed by atoms with Gasteiger partial charge < -0.3 is 4.90 Å². The van der Waals surface area contributed by atoms with Crippen LogP contribution >= 0.6 is 0 Å². The van der Waals surface area contributed by atoms with Gasteiger partial charge in [-0.05, 0) is 87.5 Å². The van der Waals surface area contributed by atoms with Gasteiger partial charge in [0.25, 0.3) is 0 Å². The largest absolute Gasteiger partial charge is 0.343 e. The first-order valence-corrected chi connectivity index (χ1v) is 10.4. The van der Waals surface area contributed by atoms with E-state index in [0.29, 0.717) is 17.2 Å². The van der Waals surface area contributed by atoms with E-state index in [0.717, 1.165) is 55.8 Å². The van der Waals surface area contributed by atoms with E-state index in [1.165, 1.54) is 44.2 Å². The fraction of sp³-hybridized carbons (Fsp3) is 0.810. The summed E-state index contributed by atoms with van der Waals surface area (Å²) in [5, 5.41) is 7.48. The van der Waals surface area contributed by atoms with E-state index in [2.05, 4.69) is 28.1 Å². The number of carbonyl (C=O) groups is 1. The second kappa shape index (κ2) is 5.85. The highest BCUT2D eigenvalue weighted by Crippen LogP contribution is 2.61. The lowest BCUT2D eigenvalue weighted by Crippen LogP contribution is -2.49. The molecule has 0 aromatic carbocycles. The van der Waals surface area contributed by atoms with Crippen LogP contribution in [0.1, 0.15) is 75.1 Å². The summed E-state index contributed by atoms with van der Waals surface area (Å²) < 4.78 is 0. The van der Waals surface area contributed by atoms with Crippen LogP contribution in [0.15, 0.2) is 6.07 Å². The molecule has 1 amide bonds. The number of H-pyrrole nitrogens is 1. The van der Waals surface area contributed by atoms with Crippen LogP contribution in [0.3, 0.4) is 0 Å². The van der Waals surface area contributed by atoms with E-state index in [9.17, 15) is 4.79 Å². The smallest absolute Gasteiger partial charge is 0.223 e. The molecule has 5 aliphatic rings. The quantitative estimate of drug-likeness (QED) is 0.902. The standard InChI is InChI=1S/C21H31N3O/c1-14-6-19(23-22-14)18-2-4-24(5-3-18)20(25)13-21-10-15-7-16(11-21)9-17(8-15)12-21/h6,15-18H,2-5,7-13H2,1H3,(H,22,23). The Morgan fingerprint density at radius 1 is 1.16 bits per heavy atom. The molecule has 0 atom stereocenters. The van der Waals surface area contributed by atoms with E-state index in [1.807, 2.05) is 0 Å². The minimum Gasteiger partial charge on any atom is -0.343 e. The minimum absolute atomic E-state index is 0.377. The van der Waals surface area contributed by atoms with Crippen LogP contribution in [0, 0.1) is 30.1 Å². The average molecular weight is 341 g/mol. The lowest BCUT2D eigenvalue weighted by molar-refractivity contribution is -0.140. The third-order valence-corrected chi connectivity index (χ3v) is 7.68. The molecule has 6 rings (SSSR count). The second-order valence-corrected chi connectivity index (χ2v) is 9.73. The number of aromatic amines is 1. The van der Waals surface area contributed by atoms with Gasteiger partial charge in [0.2, 0.25) is 5.91 Å². The zero-order valence-corrected chi connectivity index (χ0v) is 15.5. The van der Waals surface area contributed by atoms with E-state index in [4.69, 9.17) is 0 Å². The molecular weight excluding hydrogens is 310 g/mol. The van der Waals surface area contributed by atoms with E-state index in [1.54, 1.807) is 0 Å². The van der Waals surface area contributed by atoms with Crippen molar-refractivity contribution in [2.24, 2.45) is 23.2 Å².